The predicted octanol–water partition coefficient (Wildman–Crippen LogP) is -0.372. The van der Waals surface area contributed by atoms with E-state index in [1.807, 2.05) is 6.92 Å². The van der Waals surface area contributed by atoms with E-state index in [2.05, 4.69) is 4.98 Å². The van der Waals surface area contributed by atoms with E-state index in [0.29, 0.717) is 6.61 Å². The Hall–Kier alpha value is -1.44. The van der Waals surface area contributed by atoms with Crippen LogP contribution < -0.4 is 11.2 Å². The second-order valence-electron chi connectivity index (χ2n) is 4.88. The van der Waals surface area contributed by atoms with E-state index in [1.165, 1.54) is 16.8 Å². The van der Waals surface area contributed by atoms with Gasteiger partial charge in [-0.05, 0) is 6.42 Å². The van der Waals surface area contributed by atoms with Crippen LogP contribution >= 0.6 is 0 Å². The lowest BCUT2D eigenvalue weighted by Gasteiger charge is -2.30. The predicted molar refractivity (Wildman–Crippen MR) is 65.0 cm³/mol. The summed E-state index contributed by atoms with van der Waals surface area (Å²) in [7, 11) is 1.61. The number of fused-ring (bicyclic) bond motifs is 2. The summed E-state index contributed by atoms with van der Waals surface area (Å²) in [5.74, 6) is 0. The number of ether oxygens (including phenoxy) is 3. The molecule has 1 aromatic rings. The van der Waals surface area contributed by atoms with Gasteiger partial charge in [0.25, 0.3) is 5.56 Å². The molecule has 0 amide bonds. The normalized spacial score (nSPS) is 36.8. The molecule has 0 aromatic carbocycles. The zero-order valence-electron chi connectivity index (χ0n) is 10.8. The molecule has 104 valence electrons. The van der Waals surface area contributed by atoms with Gasteiger partial charge in [0, 0.05) is 19.4 Å². The molecule has 3 rings (SSSR count). The molecule has 1 aromatic heterocycles. The Bertz CT molecular complexity index is 594. The quantitative estimate of drug-likeness (QED) is 0.808. The molecule has 2 fully saturated rings. The summed E-state index contributed by atoms with van der Waals surface area (Å²) in [5.41, 5.74) is -1.45. The molecule has 2 bridgehead atoms. The van der Waals surface area contributed by atoms with Crippen LogP contribution in [0.1, 0.15) is 19.6 Å². The number of aromatic amines is 1. The molecule has 0 unspecified atom stereocenters. The summed E-state index contributed by atoms with van der Waals surface area (Å²) in [6.45, 7) is 2.46. The highest BCUT2D eigenvalue weighted by Crippen LogP contribution is 2.47. The summed E-state index contributed by atoms with van der Waals surface area (Å²) >= 11 is 0. The Morgan fingerprint density at radius 3 is 2.95 bits per heavy atom. The molecule has 7 heteroatoms. The summed E-state index contributed by atoms with van der Waals surface area (Å²) in [6.07, 6.45) is 1.04. The average molecular weight is 268 g/mol. The van der Waals surface area contributed by atoms with Crippen molar-refractivity contribution in [2.24, 2.45) is 0 Å². The van der Waals surface area contributed by atoms with Crippen molar-refractivity contribution in [3.63, 3.8) is 0 Å². The third kappa shape index (κ3) is 1.69. The lowest BCUT2D eigenvalue weighted by molar-refractivity contribution is -0.176. The van der Waals surface area contributed by atoms with Crippen molar-refractivity contribution in [1.29, 1.82) is 0 Å². The van der Waals surface area contributed by atoms with Crippen LogP contribution in [0, 0.1) is 0 Å². The number of hydrogen-bond acceptors (Lipinski definition) is 5. The lowest BCUT2D eigenvalue weighted by Crippen LogP contribution is -2.41. The fraction of sp³-hybridized carbons (Fsp3) is 0.667. The molecule has 3 heterocycles. The van der Waals surface area contributed by atoms with Crippen LogP contribution in [-0.4, -0.2) is 41.1 Å². The maximum atomic E-state index is 11.8. The van der Waals surface area contributed by atoms with Crippen molar-refractivity contribution >= 4 is 0 Å². The minimum absolute atomic E-state index is 0.207. The second kappa shape index (κ2) is 4.29. The van der Waals surface area contributed by atoms with Gasteiger partial charge < -0.3 is 14.2 Å². The summed E-state index contributed by atoms with van der Waals surface area (Å²) < 4.78 is 18.5. The highest BCUT2D eigenvalue weighted by atomic mass is 16.7. The maximum Gasteiger partial charge on any atom is 0.330 e. The molecular weight excluding hydrogens is 252 g/mol. The van der Waals surface area contributed by atoms with Crippen molar-refractivity contribution in [3.05, 3.63) is 33.1 Å². The van der Waals surface area contributed by atoms with Crippen molar-refractivity contribution in [2.75, 3.05) is 13.7 Å². The Morgan fingerprint density at radius 1 is 1.58 bits per heavy atom. The van der Waals surface area contributed by atoms with Crippen LogP contribution in [0.15, 0.2) is 21.9 Å². The molecule has 2 saturated heterocycles. The van der Waals surface area contributed by atoms with Gasteiger partial charge in [0.15, 0.2) is 6.23 Å². The molecule has 7 nitrogen and oxygen atoms in total. The first-order valence-electron chi connectivity index (χ1n) is 6.25. The van der Waals surface area contributed by atoms with Crippen LogP contribution in [0.4, 0.5) is 0 Å². The standard InChI is InChI=1S/C12H16N2O5/c1-3-12-6-18-8(9(12)17-2)10(19-12)14-5-4-7(15)13-11(14)16/h4-5,8-10H,3,6H2,1-2H3,(H,13,15,16)/t8-,9+,10-,12+/m1/s1. The topological polar surface area (TPSA) is 82.6 Å². The highest BCUT2D eigenvalue weighted by molar-refractivity contribution is 5.07. The van der Waals surface area contributed by atoms with E-state index >= 15 is 0 Å². The summed E-state index contributed by atoms with van der Waals surface area (Å²) in [5, 5.41) is 0. The van der Waals surface area contributed by atoms with Gasteiger partial charge in [-0.15, -0.1) is 0 Å². The number of hydrogen-bond donors (Lipinski definition) is 1. The SMILES string of the molecule is CC[C@@]12CO[C@@H]([C@H](n3ccc(=O)[nH]c3=O)O1)[C@@H]2OC. The van der Waals surface area contributed by atoms with Gasteiger partial charge in [0.05, 0.1) is 6.61 Å². The van der Waals surface area contributed by atoms with Gasteiger partial charge in [-0.2, -0.15) is 0 Å². The maximum absolute atomic E-state index is 11.8. The van der Waals surface area contributed by atoms with Crippen LogP contribution in [0.3, 0.4) is 0 Å². The van der Waals surface area contributed by atoms with Gasteiger partial charge in [-0.25, -0.2) is 4.79 Å². The van der Waals surface area contributed by atoms with Gasteiger partial charge >= 0.3 is 5.69 Å². The van der Waals surface area contributed by atoms with E-state index in [-0.39, 0.29) is 12.2 Å². The Labute approximate surface area is 109 Å². The van der Waals surface area contributed by atoms with Gasteiger partial charge in [-0.3, -0.25) is 14.3 Å². The molecule has 0 aliphatic carbocycles. The first-order valence-corrected chi connectivity index (χ1v) is 6.25. The number of nitrogens with one attached hydrogen (secondary N) is 1. The largest absolute Gasteiger partial charge is 0.375 e. The van der Waals surface area contributed by atoms with E-state index in [1.54, 1.807) is 7.11 Å². The van der Waals surface area contributed by atoms with E-state index in [9.17, 15) is 9.59 Å². The molecule has 19 heavy (non-hydrogen) atoms. The van der Waals surface area contributed by atoms with Gasteiger partial charge in [0.2, 0.25) is 0 Å². The smallest absolute Gasteiger partial charge is 0.330 e. The summed E-state index contributed by atoms with van der Waals surface area (Å²) in [4.78, 5) is 25.1. The Kier molecular flexibility index (Phi) is 2.84. The minimum Gasteiger partial charge on any atom is -0.375 e. The number of aromatic nitrogens is 2. The van der Waals surface area contributed by atoms with Crippen molar-refractivity contribution < 1.29 is 14.2 Å². The Morgan fingerprint density at radius 2 is 2.37 bits per heavy atom. The number of H-pyrrole nitrogens is 1. The third-order valence-corrected chi connectivity index (χ3v) is 3.95. The zero-order valence-corrected chi connectivity index (χ0v) is 10.8. The van der Waals surface area contributed by atoms with Crippen LogP contribution in [0.5, 0.6) is 0 Å². The number of methoxy groups -OCH3 is 1. The van der Waals surface area contributed by atoms with Crippen molar-refractivity contribution in [3.8, 4) is 0 Å². The molecule has 2 aliphatic rings. The molecule has 2 aliphatic heterocycles. The molecule has 0 radical (unpaired) electrons. The minimum atomic E-state index is -0.567. The molecular formula is C12H16N2O5. The van der Waals surface area contributed by atoms with Crippen LogP contribution in [0.2, 0.25) is 0 Å². The number of nitrogens with zero attached hydrogens (tertiary/aromatic N) is 1. The first kappa shape index (κ1) is 12.6. The fourth-order valence-electron chi connectivity index (χ4n) is 2.92. The fourth-order valence-corrected chi connectivity index (χ4v) is 2.92. The monoisotopic (exact) mass is 268 g/mol. The van der Waals surface area contributed by atoms with Crippen molar-refractivity contribution in [1.82, 2.24) is 9.55 Å². The number of rotatable bonds is 3. The molecule has 0 spiro atoms. The van der Waals surface area contributed by atoms with E-state index in [4.69, 9.17) is 14.2 Å². The first-order chi connectivity index (χ1) is 9.11. The second-order valence-corrected chi connectivity index (χ2v) is 4.88. The zero-order chi connectivity index (χ0) is 13.6. The van der Waals surface area contributed by atoms with Gasteiger partial charge in [0.1, 0.15) is 17.8 Å². The van der Waals surface area contributed by atoms with Crippen LogP contribution in [0.25, 0.3) is 0 Å². The van der Waals surface area contributed by atoms with Crippen molar-refractivity contribution in [2.45, 2.75) is 37.4 Å². The lowest BCUT2D eigenvalue weighted by atomic mass is 9.96. The third-order valence-electron chi connectivity index (χ3n) is 3.95. The van der Waals surface area contributed by atoms with Gasteiger partial charge in [-0.1, -0.05) is 6.92 Å². The molecule has 1 N–H and O–H groups in total. The molecule has 4 atom stereocenters. The highest BCUT2D eigenvalue weighted by Gasteiger charge is 2.61. The van der Waals surface area contributed by atoms with E-state index in [0.717, 1.165) is 6.42 Å². The molecule has 0 saturated carbocycles. The summed E-state index contributed by atoms with van der Waals surface area (Å²) in [6, 6.07) is 1.29. The average Bonchev–Trinajstić information content (AvgIpc) is 2.91. The Balaban J connectivity index is 2.00. The van der Waals surface area contributed by atoms with Crippen LogP contribution in [-0.2, 0) is 14.2 Å². The van der Waals surface area contributed by atoms with E-state index < -0.39 is 23.1 Å².